The predicted octanol–water partition coefficient (Wildman–Crippen LogP) is 4.16. The molecular formula is C13H18BrN3S2. The van der Waals surface area contributed by atoms with Crippen LogP contribution in [0.5, 0.6) is 0 Å². The van der Waals surface area contributed by atoms with E-state index in [0.29, 0.717) is 0 Å². The molecule has 2 rings (SSSR count). The summed E-state index contributed by atoms with van der Waals surface area (Å²) in [7, 11) is 2.00. The molecule has 0 aliphatic heterocycles. The predicted molar refractivity (Wildman–Crippen MR) is 86.1 cm³/mol. The van der Waals surface area contributed by atoms with Crippen molar-refractivity contribution in [3.8, 4) is 0 Å². The fourth-order valence-electron chi connectivity index (χ4n) is 1.93. The molecule has 0 amide bonds. The van der Waals surface area contributed by atoms with E-state index < -0.39 is 0 Å². The van der Waals surface area contributed by atoms with Gasteiger partial charge in [-0.2, -0.15) is 0 Å². The number of nitrogens with one attached hydrogen (secondary N) is 1. The van der Waals surface area contributed by atoms with Gasteiger partial charge in [0, 0.05) is 32.6 Å². The number of hydrogen-bond acceptors (Lipinski definition) is 5. The number of likely N-dealkylation sites (N-methyl/N-ethyl adjacent to an activating group) is 1. The molecule has 19 heavy (non-hydrogen) atoms. The molecular weight excluding hydrogens is 342 g/mol. The standard InChI is InChI=1S/C13H18BrN3S2/c1-13(2,3)12-11(19-17-16-12)10(15-4)6-9-5-8(14)7-18-9/h5,7,10,15H,6H2,1-4H3. The smallest absolute Gasteiger partial charge is 0.0857 e. The molecule has 0 saturated heterocycles. The molecule has 1 unspecified atom stereocenters. The van der Waals surface area contributed by atoms with Gasteiger partial charge in [-0.05, 0) is 40.6 Å². The van der Waals surface area contributed by atoms with Crippen molar-refractivity contribution >= 4 is 38.8 Å². The number of aromatic nitrogens is 2. The van der Waals surface area contributed by atoms with Gasteiger partial charge in [-0.1, -0.05) is 25.3 Å². The van der Waals surface area contributed by atoms with E-state index in [1.54, 1.807) is 11.3 Å². The summed E-state index contributed by atoms with van der Waals surface area (Å²) in [6.45, 7) is 6.55. The van der Waals surface area contributed by atoms with Gasteiger partial charge in [0.05, 0.1) is 10.6 Å². The van der Waals surface area contributed by atoms with Crippen molar-refractivity contribution in [1.29, 1.82) is 0 Å². The van der Waals surface area contributed by atoms with Gasteiger partial charge in [-0.3, -0.25) is 0 Å². The molecule has 3 nitrogen and oxygen atoms in total. The van der Waals surface area contributed by atoms with Gasteiger partial charge in [0.1, 0.15) is 0 Å². The highest BCUT2D eigenvalue weighted by atomic mass is 79.9. The Balaban J connectivity index is 2.25. The summed E-state index contributed by atoms with van der Waals surface area (Å²) in [6, 6.07) is 2.46. The Morgan fingerprint density at radius 1 is 1.42 bits per heavy atom. The number of rotatable bonds is 4. The van der Waals surface area contributed by atoms with Crippen molar-refractivity contribution in [2.45, 2.75) is 38.6 Å². The lowest BCUT2D eigenvalue weighted by molar-refractivity contribution is 0.532. The maximum Gasteiger partial charge on any atom is 0.0857 e. The van der Waals surface area contributed by atoms with Crippen molar-refractivity contribution in [3.05, 3.63) is 31.4 Å². The first kappa shape index (κ1) is 15.1. The monoisotopic (exact) mass is 359 g/mol. The van der Waals surface area contributed by atoms with Crippen LogP contribution in [0.25, 0.3) is 0 Å². The highest BCUT2D eigenvalue weighted by Crippen LogP contribution is 2.33. The van der Waals surface area contributed by atoms with E-state index in [-0.39, 0.29) is 11.5 Å². The molecule has 0 aliphatic carbocycles. The van der Waals surface area contributed by atoms with Gasteiger partial charge in [0.25, 0.3) is 0 Å². The highest BCUT2D eigenvalue weighted by molar-refractivity contribution is 9.10. The molecule has 104 valence electrons. The molecule has 0 saturated carbocycles. The minimum Gasteiger partial charge on any atom is -0.312 e. The average Bonchev–Trinajstić information content (AvgIpc) is 2.93. The van der Waals surface area contributed by atoms with Crippen LogP contribution in [-0.4, -0.2) is 16.6 Å². The second kappa shape index (κ2) is 5.99. The summed E-state index contributed by atoms with van der Waals surface area (Å²) in [4.78, 5) is 2.61. The van der Waals surface area contributed by atoms with Crippen LogP contribution >= 0.6 is 38.8 Å². The minimum atomic E-state index is 0.0352. The summed E-state index contributed by atoms with van der Waals surface area (Å²) in [5.74, 6) is 0. The molecule has 0 fully saturated rings. The van der Waals surface area contributed by atoms with E-state index >= 15 is 0 Å². The molecule has 0 spiro atoms. The van der Waals surface area contributed by atoms with E-state index in [4.69, 9.17) is 0 Å². The summed E-state index contributed by atoms with van der Waals surface area (Å²) >= 11 is 6.79. The van der Waals surface area contributed by atoms with Crippen molar-refractivity contribution in [1.82, 2.24) is 14.9 Å². The Labute approximate surface area is 130 Å². The van der Waals surface area contributed by atoms with Crippen LogP contribution in [0.3, 0.4) is 0 Å². The van der Waals surface area contributed by atoms with Gasteiger partial charge in [0.15, 0.2) is 0 Å². The molecule has 6 heteroatoms. The number of thiophene rings is 1. The zero-order valence-electron chi connectivity index (χ0n) is 11.5. The topological polar surface area (TPSA) is 37.8 Å². The Morgan fingerprint density at radius 3 is 2.68 bits per heavy atom. The molecule has 0 radical (unpaired) electrons. The van der Waals surface area contributed by atoms with Crippen LogP contribution < -0.4 is 5.32 Å². The zero-order valence-corrected chi connectivity index (χ0v) is 14.7. The Hall–Kier alpha value is -0.300. The second-order valence-electron chi connectivity index (χ2n) is 5.51. The molecule has 2 aromatic rings. The third-order valence-electron chi connectivity index (χ3n) is 2.92. The van der Waals surface area contributed by atoms with Gasteiger partial charge in [-0.15, -0.1) is 16.4 Å². The maximum absolute atomic E-state index is 4.33. The van der Waals surface area contributed by atoms with Crippen molar-refractivity contribution < 1.29 is 0 Å². The van der Waals surface area contributed by atoms with Crippen LogP contribution in [0.15, 0.2) is 15.9 Å². The molecule has 0 bridgehead atoms. The van der Waals surface area contributed by atoms with E-state index in [0.717, 1.165) is 16.6 Å². The van der Waals surface area contributed by atoms with Crippen LogP contribution in [0.1, 0.15) is 42.3 Å². The third-order valence-corrected chi connectivity index (χ3v) is 5.47. The van der Waals surface area contributed by atoms with Gasteiger partial charge in [0.2, 0.25) is 0 Å². The van der Waals surface area contributed by atoms with Crippen LogP contribution in [0, 0.1) is 0 Å². The van der Waals surface area contributed by atoms with E-state index in [1.165, 1.54) is 21.3 Å². The van der Waals surface area contributed by atoms with Crippen LogP contribution in [0.2, 0.25) is 0 Å². The highest BCUT2D eigenvalue weighted by Gasteiger charge is 2.26. The summed E-state index contributed by atoms with van der Waals surface area (Å²) in [5.41, 5.74) is 1.14. The molecule has 0 aromatic carbocycles. The van der Waals surface area contributed by atoms with Crippen molar-refractivity contribution in [3.63, 3.8) is 0 Å². The average molecular weight is 360 g/mol. The maximum atomic E-state index is 4.33. The first-order chi connectivity index (χ1) is 8.91. The minimum absolute atomic E-state index is 0.0352. The summed E-state index contributed by atoms with van der Waals surface area (Å²) in [5, 5.41) is 9.84. The quantitative estimate of drug-likeness (QED) is 0.890. The summed E-state index contributed by atoms with van der Waals surface area (Å²) in [6.07, 6.45) is 0.972. The first-order valence-electron chi connectivity index (χ1n) is 6.14. The number of hydrogen-bond donors (Lipinski definition) is 1. The molecule has 0 aliphatic rings. The number of halogens is 1. The van der Waals surface area contributed by atoms with Crippen molar-refractivity contribution in [2.24, 2.45) is 0 Å². The normalized spacial score (nSPS) is 13.7. The van der Waals surface area contributed by atoms with E-state index in [2.05, 4.69) is 63.1 Å². The molecule has 1 N–H and O–H groups in total. The fraction of sp³-hybridized carbons (Fsp3) is 0.538. The van der Waals surface area contributed by atoms with Gasteiger partial charge < -0.3 is 5.32 Å². The Bertz CT molecular complexity index is 542. The number of nitrogens with zero attached hydrogens (tertiary/aromatic N) is 2. The molecule has 1 atom stereocenters. The largest absolute Gasteiger partial charge is 0.312 e. The molecule has 2 aromatic heterocycles. The van der Waals surface area contributed by atoms with Gasteiger partial charge in [-0.25, -0.2) is 0 Å². The summed E-state index contributed by atoms with van der Waals surface area (Å²) < 4.78 is 5.30. The SMILES string of the molecule is CNC(Cc1cc(Br)cs1)c1snnc1C(C)(C)C. The zero-order chi connectivity index (χ0) is 14.0. The van der Waals surface area contributed by atoms with Crippen molar-refractivity contribution in [2.75, 3.05) is 7.05 Å². The Kier molecular flexibility index (Phi) is 4.76. The second-order valence-corrected chi connectivity index (χ2v) is 8.21. The van der Waals surface area contributed by atoms with E-state index in [9.17, 15) is 0 Å². The lowest BCUT2D eigenvalue weighted by atomic mass is 9.89. The fourth-order valence-corrected chi connectivity index (χ4v) is 4.40. The van der Waals surface area contributed by atoms with Gasteiger partial charge >= 0.3 is 0 Å². The van der Waals surface area contributed by atoms with Crippen LogP contribution in [-0.2, 0) is 11.8 Å². The lowest BCUT2D eigenvalue weighted by Crippen LogP contribution is -2.22. The lowest BCUT2D eigenvalue weighted by Gasteiger charge is -2.21. The molecule has 2 heterocycles. The first-order valence-corrected chi connectivity index (χ1v) is 8.59. The van der Waals surface area contributed by atoms with E-state index in [1.807, 2.05) is 7.05 Å². The Morgan fingerprint density at radius 2 is 2.16 bits per heavy atom. The third kappa shape index (κ3) is 3.62. The van der Waals surface area contributed by atoms with Crippen LogP contribution in [0.4, 0.5) is 0 Å².